The summed E-state index contributed by atoms with van der Waals surface area (Å²) in [7, 11) is 0. The molecule has 2 nitrogen and oxygen atoms in total. The summed E-state index contributed by atoms with van der Waals surface area (Å²) in [5.74, 6) is 3.78. The summed E-state index contributed by atoms with van der Waals surface area (Å²) in [6.07, 6.45) is 7.19. The van der Waals surface area contributed by atoms with Crippen LogP contribution < -0.4 is 4.74 Å². The maximum Gasteiger partial charge on any atom is 0.200 e. The van der Waals surface area contributed by atoms with Gasteiger partial charge in [0.1, 0.15) is 5.75 Å². The summed E-state index contributed by atoms with van der Waals surface area (Å²) in [4.78, 5) is 0. The summed E-state index contributed by atoms with van der Waals surface area (Å²) in [6.45, 7) is 16.8. The molecule has 0 heterocycles. The molecule has 0 N–H and O–H groups in total. The number of ether oxygens (including phenoxy) is 2. The number of rotatable bonds is 9. The molecule has 0 saturated heterocycles. The minimum atomic E-state index is -0.169. The van der Waals surface area contributed by atoms with Crippen molar-refractivity contribution in [3.63, 3.8) is 0 Å². The van der Waals surface area contributed by atoms with Crippen molar-refractivity contribution < 1.29 is 9.47 Å². The fraction of sp³-hybridized carbons (Fsp3) is 0.769. The highest BCUT2D eigenvalue weighted by Gasteiger charge is 2.24. The Balaban J connectivity index is 1.97. The summed E-state index contributed by atoms with van der Waals surface area (Å²) in [5, 5.41) is 0. The minimum absolute atomic E-state index is 0.169. The third-order valence-corrected chi connectivity index (χ3v) is 6.25. The average Bonchev–Trinajstić information content (AvgIpc) is 2.61. The molecule has 2 atom stereocenters. The van der Waals surface area contributed by atoms with Crippen molar-refractivity contribution in [2.75, 3.05) is 6.61 Å². The molecule has 1 aromatic rings. The SMILES string of the molecule is CCC(c1ccc(OC(CC(C)(C)C)OCC2CCC(C)CC2)cc1)C(C)C. The van der Waals surface area contributed by atoms with Crippen LogP contribution in [0.1, 0.15) is 98.5 Å². The van der Waals surface area contributed by atoms with Gasteiger partial charge in [0, 0.05) is 6.42 Å². The summed E-state index contributed by atoms with van der Waals surface area (Å²) < 4.78 is 12.6. The number of hydrogen-bond donors (Lipinski definition) is 0. The van der Waals surface area contributed by atoms with Gasteiger partial charge in [0.2, 0.25) is 0 Å². The van der Waals surface area contributed by atoms with Gasteiger partial charge in [0.25, 0.3) is 0 Å². The molecule has 1 saturated carbocycles. The standard InChI is InChI=1S/C26H44O2/c1-8-24(19(2)3)22-13-15-23(16-14-22)28-25(17-26(5,6)7)27-18-21-11-9-20(4)10-12-21/h13-16,19-21,24-25H,8-12,17-18H2,1-7H3. The Hall–Kier alpha value is -1.02. The molecule has 160 valence electrons. The first-order valence-electron chi connectivity index (χ1n) is 11.6. The van der Waals surface area contributed by atoms with Crippen LogP contribution in [0.4, 0.5) is 0 Å². The highest BCUT2D eigenvalue weighted by molar-refractivity contribution is 5.29. The maximum atomic E-state index is 6.31. The number of hydrogen-bond acceptors (Lipinski definition) is 2. The van der Waals surface area contributed by atoms with Gasteiger partial charge in [-0.3, -0.25) is 0 Å². The van der Waals surface area contributed by atoms with Crippen LogP contribution in [0.15, 0.2) is 24.3 Å². The van der Waals surface area contributed by atoms with E-state index in [0.29, 0.717) is 17.8 Å². The van der Waals surface area contributed by atoms with Gasteiger partial charge in [-0.05, 0) is 66.0 Å². The molecule has 2 unspecified atom stereocenters. The Kier molecular flexibility index (Phi) is 8.86. The smallest absolute Gasteiger partial charge is 0.200 e. The predicted molar refractivity (Wildman–Crippen MR) is 120 cm³/mol. The number of benzene rings is 1. The molecule has 1 aliphatic carbocycles. The van der Waals surface area contributed by atoms with Crippen molar-refractivity contribution in [1.29, 1.82) is 0 Å². The molecular weight excluding hydrogens is 344 g/mol. The molecule has 0 amide bonds. The van der Waals surface area contributed by atoms with Crippen LogP contribution in [-0.2, 0) is 4.74 Å². The van der Waals surface area contributed by atoms with E-state index in [0.717, 1.165) is 24.7 Å². The third kappa shape index (κ3) is 7.78. The van der Waals surface area contributed by atoms with Crippen molar-refractivity contribution in [3.05, 3.63) is 29.8 Å². The van der Waals surface area contributed by atoms with Crippen LogP contribution in [-0.4, -0.2) is 12.9 Å². The first kappa shape index (κ1) is 23.3. The first-order valence-corrected chi connectivity index (χ1v) is 11.6. The van der Waals surface area contributed by atoms with Crippen LogP contribution in [0, 0.1) is 23.2 Å². The Morgan fingerprint density at radius 3 is 2.11 bits per heavy atom. The van der Waals surface area contributed by atoms with Crippen LogP contribution in [0.25, 0.3) is 0 Å². The lowest BCUT2D eigenvalue weighted by Gasteiger charge is -2.30. The van der Waals surface area contributed by atoms with E-state index in [9.17, 15) is 0 Å². The van der Waals surface area contributed by atoms with E-state index in [4.69, 9.17) is 9.47 Å². The van der Waals surface area contributed by atoms with E-state index in [1.165, 1.54) is 37.7 Å². The lowest BCUT2D eigenvalue weighted by Crippen LogP contribution is -2.29. The highest BCUT2D eigenvalue weighted by Crippen LogP contribution is 2.32. The van der Waals surface area contributed by atoms with Crippen LogP contribution >= 0.6 is 0 Å². The molecule has 0 aromatic heterocycles. The van der Waals surface area contributed by atoms with E-state index in [1.807, 2.05) is 0 Å². The zero-order valence-electron chi connectivity index (χ0n) is 19.5. The van der Waals surface area contributed by atoms with Gasteiger partial charge in [0.15, 0.2) is 6.29 Å². The monoisotopic (exact) mass is 388 g/mol. The Morgan fingerprint density at radius 1 is 1.00 bits per heavy atom. The van der Waals surface area contributed by atoms with Gasteiger partial charge in [0.05, 0.1) is 6.61 Å². The van der Waals surface area contributed by atoms with E-state index >= 15 is 0 Å². The molecule has 1 fully saturated rings. The fourth-order valence-electron chi connectivity index (χ4n) is 4.41. The first-order chi connectivity index (χ1) is 13.2. The van der Waals surface area contributed by atoms with E-state index in [-0.39, 0.29) is 11.7 Å². The van der Waals surface area contributed by atoms with Gasteiger partial charge in [-0.2, -0.15) is 0 Å². The van der Waals surface area contributed by atoms with Gasteiger partial charge in [-0.1, -0.05) is 73.4 Å². The summed E-state index contributed by atoms with van der Waals surface area (Å²) in [5.41, 5.74) is 1.59. The third-order valence-electron chi connectivity index (χ3n) is 6.25. The Bertz CT molecular complexity index is 547. The Morgan fingerprint density at radius 2 is 1.61 bits per heavy atom. The zero-order valence-corrected chi connectivity index (χ0v) is 19.5. The molecule has 0 spiro atoms. The second kappa shape index (κ2) is 10.7. The molecule has 1 aliphatic rings. The molecule has 1 aromatic carbocycles. The quantitative estimate of drug-likeness (QED) is 0.401. The molecule has 0 radical (unpaired) electrons. The van der Waals surface area contributed by atoms with E-state index in [2.05, 4.69) is 72.7 Å². The molecule has 0 bridgehead atoms. The van der Waals surface area contributed by atoms with Gasteiger partial charge < -0.3 is 9.47 Å². The molecule has 2 heteroatoms. The van der Waals surface area contributed by atoms with Crippen molar-refractivity contribution in [1.82, 2.24) is 0 Å². The van der Waals surface area contributed by atoms with Gasteiger partial charge >= 0.3 is 0 Å². The molecule has 28 heavy (non-hydrogen) atoms. The molecular formula is C26H44O2. The Labute approximate surface area is 174 Å². The van der Waals surface area contributed by atoms with Gasteiger partial charge in [-0.25, -0.2) is 0 Å². The maximum absolute atomic E-state index is 6.31. The zero-order chi connectivity index (χ0) is 20.7. The van der Waals surface area contributed by atoms with E-state index in [1.54, 1.807) is 0 Å². The highest BCUT2D eigenvalue weighted by atomic mass is 16.7. The second-order valence-corrected chi connectivity index (χ2v) is 10.6. The van der Waals surface area contributed by atoms with Crippen LogP contribution in [0.2, 0.25) is 0 Å². The van der Waals surface area contributed by atoms with E-state index < -0.39 is 0 Å². The largest absolute Gasteiger partial charge is 0.465 e. The molecule has 0 aliphatic heterocycles. The summed E-state index contributed by atoms with van der Waals surface area (Å²) >= 11 is 0. The second-order valence-electron chi connectivity index (χ2n) is 10.6. The van der Waals surface area contributed by atoms with Crippen molar-refractivity contribution in [3.8, 4) is 5.75 Å². The lowest BCUT2D eigenvalue weighted by atomic mass is 9.83. The summed E-state index contributed by atoms with van der Waals surface area (Å²) in [6, 6.07) is 8.73. The molecule has 2 rings (SSSR count). The predicted octanol–water partition coefficient (Wildman–Crippen LogP) is 7.82. The normalized spacial score (nSPS) is 22.9. The average molecular weight is 389 g/mol. The van der Waals surface area contributed by atoms with Crippen LogP contribution in [0.5, 0.6) is 5.75 Å². The van der Waals surface area contributed by atoms with Crippen molar-refractivity contribution in [2.45, 2.75) is 99.2 Å². The van der Waals surface area contributed by atoms with Crippen molar-refractivity contribution in [2.24, 2.45) is 23.2 Å². The topological polar surface area (TPSA) is 18.5 Å². The lowest BCUT2D eigenvalue weighted by molar-refractivity contribution is -0.113. The van der Waals surface area contributed by atoms with Gasteiger partial charge in [-0.15, -0.1) is 0 Å². The van der Waals surface area contributed by atoms with Crippen LogP contribution in [0.3, 0.4) is 0 Å². The minimum Gasteiger partial charge on any atom is -0.465 e. The fourth-order valence-corrected chi connectivity index (χ4v) is 4.41. The van der Waals surface area contributed by atoms with Crippen molar-refractivity contribution >= 4 is 0 Å².